The van der Waals surface area contributed by atoms with Crippen LogP contribution in [-0.2, 0) is 10.0 Å². The van der Waals surface area contributed by atoms with Crippen LogP contribution in [0.1, 0.15) is 33.1 Å². The van der Waals surface area contributed by atoms with E-state index in [0.29, 0.717) is 17.5 Å². The molecule has 118 valence electrons. The highest BCUT2D eigenvalue weighted by Crippen LogP contribution is 2.31. The standard InChI is InChI=1S/C15H24N2O3S/c1-10-6-11(2)8-13(7-10)17-21(18,19)15-5-4-12(16)9-14(15)20-3/h4-5,9-11,13,17H,6-8,16H2,1-3H3. The van der Waals surface area contributed by atoms with Gasteiger partial charge in [-0.1, -0.05) is 13.8 Å². The second-order valence-electron chi connectivity index (χ2n) is 6.15. The number of nitrogen functional groups attached to an aromatic ring is 1. The number of ether oxygens (including phenoxy) is 1. The third-order valence-corrected chi connectivity index (χ3v) is 5.54. The average Bonchev–Trinajstić information content (AvgIpc) is 2.36. The zero-order valence-electron chi connectivity index (χ0n) is 12.8. The summed E-state index contributed by atoms with van der Waals surface area (Å²) in [6, 6.07) is 4.58. The Morgan fingerprint density at radius 1 is 1.19 bits per heavy atom. The van der Waals surface area contributed by atoms with Crippen molar-refractivity contribution in [3.05, 3.63) is 18.2 Å². The molecule has 0 aliphatic heterocycles. The number of nitrogens with two attached hydrogens (primary N) is 1. The second-order valence-corrected chi connectivity index (χ2v) is 7.83. The highest BCUT2D eigenvalue weighted by atomic mass is 32.2. The number of anilines is 1. The van der Waals surface area contributed by atoms with E-state index >= 15 is 0 Å². The minimum Gasteiger partial charge on any atom is -0.495 e. The molecule has 0 bridgehead atoms. The van der Waals surface area contributed by atoms with Crippen molar-refractivity contribution >= 4 is 15.7 Å². The molecule has 6 heteroatoms. The van der Waals surface area contributed by atoms with Crippen LogP contribution in [-0.4, -0.2) is 21.6 Å². The molecule has 2 rings (SSSR count). The molecule has 0 amide bonds. The summed E-state index contributed by atoms with van der Waals surface area (Å²) in [6.45, 7) is 4.33. The summed E-state index contributed by atoms with van der Waals surface area (Å²) in [7, 11) is -2.15. The van der Waals surface area contributed by atoms with Crippen molar-refractivity contribution in [1.29, 1.82) is 0 Å². The molecule has 0 spiro atoms. The van der Waals surface area contributed by atoms with E-state index in [1.165, 1.54) is 19.2 Å². The molecule has 0 saturated heterocycles. The van der Waals surface area contributed by atoms with Crippen molar-refractivity contribution in [1.82, 2.24) is 4.72 Å². The number of hydrogen-bond acceptors (Lipinski definition) is 4. The molecule has 21 heavy (non-hydrogen) atoms. The molecule has 1 saturated carbocycles. The first-order valence-electron chi connectivity index (χ1n) is 7.27. The zero-order valence-corrected chi connectivity index (χ0v) is 13.6. The van der Waals surface area contributed by atoms with Crippen LogP contribution >= 0.6 is 0 Å². The first-order valence-corrected chi connectivity index (χ1v) is 8.76. The number of methoxy groups -OCH3 is 1. The highest BCUT2D eigenvalue weighted by Gasteiger charge is 2.29. The van der Waals surface area contributed by atoms with Crippen LogP contribution in [0.4, 0.5) is 5.69 Å². The Kier molecular flexibility index (Phi) is 4.78. The summed E-state index contributed by atoms with van der Waals surface area (Å²) in [4.78, 5) is 0.144. The van der Waals surface area contributed by atoms with Crippen LogP contribution in [0.5, 0.6) is 5.75 Å². The van der Waals surface area contributed by atoms with Gasteiger partial charge < -0.3 is 10.5 Å². The lowest BCUT2D eigenvalue weighted by Gasteiger charge is -2.31. The van der Waals surface area contributed by atoms with Gasteiger partial charge in [0.15, 0.2) is 0 Å². The Hall–Kier alpha value is -1.27. The maximum atomic E-state index is 12.6. The van der Waals surface area contributed by atoms with Crippen LogP contribution in [0.2, 0.25) is 0 Å². The maximum Gasteiger partial charge on any atom is 0.244 e. The van der Waals surface area contributed by atoms with Crippen LogP contribution in [0.15, 0.2) is 23.1 Å². The molecule has 5 nitrogen and oxygen atoms in total. The lowest BCUT2D eigenvalue weighted by Crippen LogP contribution is -2.40. The van der Waals surface area contributed by atoms with Gasteiger partial charge in [0.2, 0.25) is 10.0 Å². The summed E-state index contributed by atoms with van der Waals surface area (Å²) in [5.74, 6) is 1.35. The lowest BCUT2D eigenvalue weighted by atomic mass is 9.81. The summed E-state index contributed by atoms with van der Waals surface area (Å²) in [5.41, 5.74) is 6.15. The highest BCUT2D eigenvalue weighted by molar-refractivity contribution is 7.89. The fraction of sp³-hybridized carbons (Fsp3) is 0.600. The number of sulfonamides is 1. The van der Waals surface area contributed by atoms with E-state index < -0.39 is 10.0 Å². The molecule has 1 aromatic rings. The van der Waals surface area contributed by atoms with Crippen molar-refractivity contribution in [3.8, 4) is 5.75 Å². The van der Waals surface area contributed by atoms with Gasteiger partial charge in [-0.3, -0.25) is 0 Å². The van der Waals surface area contributed by atoms with Crippen molar-refractivity contribution < 1.29 is 13.2 Å². The van der Waals surface area contributed by atoms with Gasteiger partial charge in [0.1, 0.15) is 10.6 Å². The van der Waals surface area contributed by atoms with Crippen molar-refractivity contribution in [3.63, 3.8) is 0 Å². The van der Waals surface area contributed by atoms with E-state index in [1.807, 2.05) is 0 Å². The molecule has 1 aliphatic rings. The van der Waals surface area contributed by atoms with Gasteiger partial charge in [0, 0.05) is 17.8 Å². The van der Waals surface area contributed by atoms with E-state index in [0.717, 1.165) is 19.3 Å². The van der Waals surface area contributed by atoms with Gasteiger partial charge in [-0.15, -0.1) is 0 Å². The third-order valence-electron chi connectivity index (χ3n) is 3.98. The minimum atomic E-state index is -3.60. The van der Waals surface area contributed by atoms with Gasteiger partial charge in [-0.05, 0) is 43.2 Å². The molecule has 1 fully saturated rings. The van der Waals surface area contributed by atoms with E-state index in [4.69, 9.17) is 10.5 Å². The van der Waals surface area contributed by atoms with Crippen LogP contribution in [0, 0.1) is 11.8 Å². The fourth-order valence-corrected chi connectivity index (χ4v) is 4.64. The maximum absolute atomic E-state index is 12.6. The first-order chi connectivity index (χ1) is 9.81. The van der Waals surface area contributed by atoms with Crippen molar-refractivity contribution in [2.75, 3.05) is 12.8 Å². The largest absolute Gasteiger partial charge is 0.495 e. The second kappa shape index (κ2) is 6.23. The zero-order chi connectivity index (χ0) is 15.6. The predicted molar refractivity (Wildman–Crippen MR) is 83.7 cm³/mol. The summed E-state index contributed by atoms with van der Waals surface area (Å²) in [6.07, 6.45) is 2.91. The smallest absolute Gasteiger partial charge is 0.244 e. The minimum absolute atomic E-state index is 0.0176. The summed E-state index contributed by atoms with van der Waals surface area (Å²) < 4.78 is 33.1. The first kappa shape index (κ1) is 16.1. The molecule has 1 aliphatic carbocycles. The number of benzene rings is 1. The number of hydrogen-bond donors (Lipinski definition) is 2. The van der Waals surface area contributed by atoms with Crippen molar-refractivity contribution in [2.45, 2.75) is 44.0 Å². The Morgan fingerprint density at radius 3 is 2.38 bits per heavy atom. The monoisotopic (exact) mass is 312 g/mol. The van der Waals surface area contributed by atoms with Gasteiger partial charge >= 0.3 is 0 Å². The van der Waals surface area contributed by atoms with E-state index in [1.54, 1.807) is 6.07 Å². The van der Waals surface area contributed by atoms with Crippen LogP contribution in [0.25, 0.3) is 0 Å². The van der Waals surface area contributed by atoms with Gasteiger partial charge in [-0.25, -0.2) is 13.1 Å². The molecule has 2 unspecified atom stereocenters. The van der Waals surface area contributed by atoms with Crippen LogP contribution < -0.4 is 15.2 Å². The molecular weight excluding hydrogens is 288 g/mol. The Morgan fingerprint density at radius 2 is 1.81 bits per heavy atom. The molecule has 3 N–H and O–H groups in total. The van der Waals surface area contributed by atoms with E-state index in [9.17, 15) is 8.42 Å². The molecule has 1 aromatic carbocycles. The van der Waals surface area contributed by atoms with Gasteiger partial charge in [0.25, 0.3) is 0 Å². The molecular formula is C15H24N2O3S. The number of rotatable bonds is 4. The fourth-order valence-electron chi connectivity index (χ4n) is 3.23. The molecule has 2 atom stereocenters. The van der Waals surface area contributed by atoms with Gasteiger partial charge in [-0.2, -0.15) is 0 Å². The van der Waals surface area contributed by atoms with Crippen molar-refractivity contribution in [2.24, 2.45) is 11.8 Å². The molecule has 0 heterocycles. The van der Waals surface area contributed by atoms with E-state index in [2.05, 4.69) is 18.6 Å². The molecule has 0 radical (unpaired) electrons. The Bertz CT molecular complexity index is 591. The lowest BCUT2D eigenvalue weighted by molar-refractivity contribution is 0.257. The quantitative estimate of drug-likeness (QED) is 0.836. The average molecular weight is 312 g/mol. The van der Waals surface area contributed by atoms with Crippen LogP contribution in [0.3, 0.4) is 0 Å². The Balaban J connectivity index is 2.22. The summed E-state index contributed by atoms with van der Waals surface area (Å²) in [5, 5.41) is 0. The van der Waals surface area contributed by atoms with Gasteiger partial charge in [0.05, 0.1) is 7.11 Å². The topological polar surface area (TPSA) is 81.4 Å². The normalized spacial score (nSPS) is 26.5. The van der Waals surface area contributed by atoms with E-state index in [-0.39, 0.29) is 16.7 Å². The Labute approximate surface area is 126 Å². The SMILES string of the molecule is COc1cc(N)ccc1S(=O)(=O)NC1CC(C)CC(C)C1. The third kappa shape index (κ3) is 3.89. The molecule has 0 aromatic heterocycles. The number of nitrogens with one attached hydrogen (secondary N) is 1. The predicted octanol–water partition coefficient (Wildman–Crippen LogP) is 2.38. The summed E-state index contributed by atoms with van der Waals surface area (Å²) >= 11 is 0.